The first-order chi connectivity index (χ1) is 16.9. The van der Waals surface area contributed by atoms with Crippen LogP contribution in [0.3, 0.4) is 0 Å². The molecule has 1 amide bonds. The summed E-state index contributed by atoms with van der Waals surface area (Å²) in [6.45, 7) is 8.27. The summed E-state index contributed by atoms with van der Waals surface area (Å²) in [7, 11) is 0. The van der Waals surface area contributed by atoms with Gasteiger partial charge in [-0.15, -0.1) is 0 Å². The second-order valence-electron chi connectivity index (χ2n) is 11.8. The molecule has 2 aromatic rings. The third kappa shape index (κ3) is 4.26. The van der Waals surface area contributed by atoms with Gasteiger partial charge in [-0.05, 0) is 80.6 Å². The van der Waals surface area contributed by atoms with Crippen LogP contribution in [0.15, 0.2) is 30.5 Å². The number of carbonyl (C=O) groups is 1. The molecule has 2 bridgehead atoms. The lowest BCUT2D eigenvalue weighted by Gasteiger charge is -2.41. The van der Waals surface area contributed by atoms with Crippen LogP contribution in [0.25, 0.3) is 5.57 Å². The largest absolute Gasteiger partial charge is 0.387 e. The number of fused-ring (bicyclic) bond motifs is 2. The molecule has 2 saturated heterocycles. The Morgan fingerprint density at radius 3 is 2.47 bits per heavy atom. The number of hydrogen-bond donors (Lipinski definition) is 4. The van der Waals surface area contributed by atoms with Gasteiger partial charge in [-0.3, -0.25) is 4.79 Å². The Kier molecular flexibility index (Phi) is 5.86. The van der Waals surface area contributed by atoms with Crippen molar-refractivity contribution in [2.75, 3.05) is 5.32 Å². The Morgan fingerprint density at radius 2 is 1.89 bits per heavy atom. The lowest BCUT2D eigenvalue weighted by molar-refractivity contribution is -0.153. The number of H-pyrrole nitrogens is 1. The summed E-state index contributed by atoms with van der Waals surface area (Å²) in [4.78, 5) is 19.7. The van der Waals surface area contributed by atoms with E-state index in [4.69, 9.17) is 10.00 Å². The van der Waals surface area contributed by atoms with E-state index in [1.165, 1.54) is 11.8 Å². The van der Waals surface area contributed by atoms with Crippen LogP contribution >= 0.6 is 0 Å². The van der Waals surface area contributed by atoms with E-state index in [-0.39, 0.29) is 22.9 Å². The SMILES string of the molecule is CC1(C)CC=C(c2cc(C3CC4(C)OC(C)(C3)C(O)C4O)ccc2NC(=O)c2nc(C#N)c[nH]2)CC1. The molecule has 4 N–H and O–H groups in total. The highest BCUT2D eigenvalue weighted by molar-refractivity contribution is 6.03. The van der Waals surface area contributed by atoms with Crippen LogP contribution in [-0.2, 0) is 4.74 Å². The summed E-state index contributed by atoms with van der Waals surface area (Å²) < 4.78 is 6.15. The average Bonchev–Trinajstić information content (AvgIpc) is 3.36. The first-order valence-corrected chi connectivity index (χ1v) is 12.6. The Morgan fingerprint density at radius 1 is 1.19 bits per heavy atom. The molecular formula is C28H34N4O4. The van der Waals surface area contributed by atoms with Gasteiger partial charge in [0.15, 0.2) is 11.5 Å². The molecule has 0 saturated carbocycles. The van der Waals surface area contributed by atoms with Crippen molar-refractivity contribution in [3.63, 3.8) is 0 Å². The van der Waals surface area contributed by atoms with Gasteiger partial charge in [0, 0.05) is 17.4 Å². The van der Waals surface area contributed by atoms with E-state index >= 15 is 0 Å². The van der Waals surface area contributed by atoms with Crippen molar-refractivity contribution in [3.8, 4) is 6.07 Å². The van der Waals surface area contributed by atoms with E-state index < -0.39 is 29.3 Å². The maximum atomic E-state index is 12.9. The maximum absolute atomic E-state index is 12.9. The molecule has 8 nitrogen and oxygen atoms in total. The number of aliphatic hydroxyl groups excluding tert-OH is 2. The number of ether oxygens (including phenoxy) is 1. The van der Waals surface area contributed by atoms with Gasteiger partial charge in [0.05, 0.1) is 11.2 Å². The highest BCUT2D eigenvalue weighted by atomic mass is 16.6. The molecule has 8 heteroatoms. The van der Waals surface area contributed by atoms with Gasteiger partial charge in [0.1, 0.15) is 18.3 Å². The van der Waals surface area contributed by atoms with Gasteiger partial charge in [-0.1, -0.05) is 26.0 Å². The number of allylic oxidation sites excluding steroid dienone is 2. The number of hydrogen-bond acceptors (Lipinski definition) is 6. The highest BCUT2D eigenvalue weighted by Crippen LogP contribution is 2.53. The Labute approximate surface area is 211 Å². The normalized spacial score (nSPS) is 33.0. The zero-order valence-corrected chi connectivity index (χ0v) is 21.3. The molecule has 3 heterocycles. The number of anilines is 1. The van der Waals surface area contributed by atoms with Crippen molar-refractivity contribution in [1.29, 1.82) is 5.26 Å². The van der Waals surface area contributed by atoms with Crippen LogP contribution in [0.5, 0.6) is 0 Å². The minimum atomic E-state index is -0.930. The van der Waals surface area contributed by atoms with Crippen molar-refractivity contribution >= 4 is 17.2 Å². The van der Waals surface area contributed by atoms with Gasteiger partial charge in [-0.25, -0.2) is 4.98 Å². The predicted molar refractivity (Wildman–Crippen MR) is 135 cm³/mol. The molecule has 1 aliphatic carbocycles. The Bertz CT molecular complexity index is 1250. The van der Waals surface area contributed by atoms with E-state index in [9.17, 15) is 15.0 Å². The minimum absolute atomic E-state index is 0.0881. The summed E-state index contributed by atoms with van der Waals surface area (Å²) in [5.74, 6) is -0.226. The zero-order valence-electron chi connectivity index (χ0n) is 21.3. The smallest absolute Gasteiger partial charge is 0.291 e. The first-order valence-electron chi connectivity index (χ1n) is 12.6. The highest BCUT2D eigenvalue weighted by Gasteiger charge is 2.61. The van der Waals surface area contributed by atoms with Crippen molar-refractivity contribution in [2.24, 2.45) is 5.41 Å². The Balaban J connectivity index is 1.50. The maximum Gasteiger partial charge on any atom is 0.291 e. The van der Waals surface area contributed by atoms with Crippen LogP contribution in [0.4, 0.5) is 5.69 Å². The van der Waals surface area contributed by atoms with E-state index in [2.05, 4.69) is 41.3 Å². The van der Waals surface area contributed by atoms with Crippen LogP contribution in [-0.4, -0.2) is 49.5 Å². The second-order valence-corrected chi connectivity index (χ2v) is 11.8. The average molecular weight is 491 g/mol. The number of aromatic nitrogens is 2. The fraction of sp³-hybridized carbons (Fsp3) is 0.536. The molecule has 190 valence electrons. The van der Waals surface area contributed by atoms with E-state index in [0.29, 0.717) is 18.5 Å². The quantitative estimate of drug-likeness (QED) is 0.506. The fourth-order valence-electron chi connectivity index (χ4n) is 6.12. The molecular weight excluding hydrogens is 456 g/mol. The van der Waals surface area contributed by atoms with Crippen LogP contribution in [0.1, 0.15) is 93.2 Å². The number of aliphatic hydroxyl groups is 2. The predicted octanol–water partition coefficient (Wildman–Crippen LogP) is 4.27. The van der Waals surface area contributed by atoms with Crippen LogP contribution in [0.2, 0.25) is 0 Å². The zero-order chi connectivity index (χ0) is 25.9. The molecule has 36 heavy (non-hydrogen) atoms. The van der Waals surface area contributed by atoms with E-state index in [1.54, 1.807) is 0 Å². The fourth-order valence-corrected chi connectivity index (χ4v) is 6.12. The van der Waals surface area contributed by atoms with Crippen molar-refractivity contribution < 1.29 is 19.7 Å². The molecule has 1 aromatic heterocycles. The molecule has 2 fully saturated rings. The lowest BCUT2D eigenvalue weighted by Crippen LogP contribution is -2.43. The number of nitriles is 1. The summed E-state index contributed by atoms with van der Waals surface area (Å²) >= 11 is 0. The minimum Gasteiger partial charge on any atom is -0.387 e. The summed E-state index contributed by atoms with van der Waals surface area (Å²) in [6, 6.07) is 8.00. The molecule has 2 aliphatic heterocycles. The van der Waals surface area contributed by atoms with Crippen LogP contribution in [0, 0.1) is 16.7 Å². The number of carbonyl (C=O) groups excluding carboxylic acids is 1. The van der Waals surface area contributed by atoms with Gasteiger partial charge < -0.3 is 25.3 Å². The number of nitrogens with zero attached hydrogens (tertiary/aromatic N) is 2. The molecule has 1 aromatic carbocycles. The lowest BCUT2D eigenvalue weighted by atomic mass is 9.75. The summed E-state index contributed by atoms with van der Waals surface area (Å²) in [6.07, 6.45) is 5.92. The molecule has 3 aliphatic rings. The third-order valence-electron chi connectivity index (χ3n) is 8.31. The number of amides is 1. The van der Waals surface area contributed by atoms with Gasteiger partial charge in [0.2, 0.25) is 0 Å². The monoisotopic (exact) mass is 490 g/mol. The first kappa shape index (κ1) is 24.7. The number of imidazole rings is 1. The molecule has 0 spiro atoms. The summed E-state index contributed by atoms with van der Waals surface area (Å²) in [5.41, 5.74) is 2.73. The third-order valence-corrected chi connectivity index (χ3v) is 8.31. The molecule has 4 atom stereocenters. The standard InChI is InChI=1S/C28H34N4O4/c1-26(2)9-7-16(8-10-26)20-11-17(18-12-27(3)22(33)23(34)28(4,13-18)36-27)5-6-21(20)32-25(35)24-30-15-19(14-29)31-24/h5-7,11,15,18,22-23,33-34H,8-10,12-13H2,1-4H3,(H,30,31)(H,32,35). The molecule has 5 rings (SSSR count). The number of benzene rings is 1. The number of aromatic amines is 1. The summed E-state index contributed by atoms with van der Waals surface area (Å²) in [5, 5.41) is 33.4. The van der Waals surface area contributed by atoms with Crippen molar-refractivity contribution in [3.05, 3.63) is 53.1 Å². The van der Waals surface area contributed by atoms with Crippen LogP contribution < -0.4 is 5.32 Å². The topological polar surface area (TPSA) is 131 Å². The number of nitrogens with one attached hydrogen (secondary N) is 2. The van der Waals surface area contributed by atoms with Gasteiger partial charge in [-0.2, -0.15) is 5.26 Å². The van der Waals surface area contributed by atoms with Gasteiger partial charge in [0.25, 0.3) is 5.91 Å². The molecule has 0 radical (unpaired) electrons. The van der Waals surface area contributed by atoms with Crippen molar-refractivity contribution in [2.45, 2.75) is 89.1 Å². The van der Waals surface area contributed by atoms with Crippen molar-refractivity contribution in [1.82, 2.24) is 9.97 Å². The second kappa shape index (κ2) is 8.55. The Hall–Kier alpha value is -2.99. The van der Waals surface area contributed by atoms with E-state index in [0.717, 1.165) is 30.4 Å². The van der Waals surface area contributed by atoms with E-state index in [1.807, 2.05) is 32.0 Å². The van der Waals surface area contributed by atoms with Gasteiger partial charge >= 0.3 is 0 Å². The number of rotatable bonds is 4. The molecule has 4 unspecified atom stereocenters.